The molecule has 0 radical (unpaired) electrons. The van der Waals surface area contributed by atoms with Crippen molar-refractivity contribution in [1.82, 2.24) is 19.4 Å². The van der Waals surface area contributed by atoms with Gasteiger partial charge in [-0.15, -0.1) is 0 Å². The van der Waals surface area contributed by atoms with Gasteiger partial charge in [0.25, 0.3) is 0 Å². The molecular weight excluding hydrogens is 284 g/mol. The average Bonchev–Trinajstić information content (AvgIpc) is 3.18. The SMILES string of the molecule is Cc1nccn1C1(C(=O)O)CCN(C(=O)N2CCCC2)CC1. The summed E-state index contributed by atoms with van der Waals surface area (Å²) in [6, 6.07) is 0.0545. The predicted molar refractivity (Wildman–Crippen MR) is 79.6 cm³/mol. The zero-order chi connectivity index (χ0) is 15.7. The molecule has 0 unspecified atom stereocenters. The first-order chi connectivity index (χ1) is 10.5. The van der Waals surface area contributed by atoms with Gasteiger partial charge in [0, 0.05) is 38.6 Å². The zero-order valence-corrected chi connectivity index (χ0v) is 12.9. The van der Waals surface area contributed by atoms with E-state index in [1.54, 1.807) is 21.9 Å². The molecule has 2 aliphatic rings. The number of aryl methyl sites for hydroxylation is 1. The monoisotopic (exact) mass is 306 g/mol. The second kappa shape index (κ2) is 5.62. The maximum absolute atomic E-state index is 12.4. The largest absolute Gasteiger partial charge is 0.479 e. The van der Waals surface area contributed by atoms with Gasteiger partial charge in [-0.1, -0.05) is 0 Å². The molecule has 22 heavy (non-hydrogen) atoms. The van der Waals surface area contributed by atoms with Gasteiger partial charge in [-0.05, 0) is 32.6 Å². The number of piperidine rings is 1. The third-order valence-corrected chi connectivity index (χ3v) is 4.92. The van der Waals surface area contributed by atoms with Gasteiger partial charge in [0.1, 0.15) is 11.4 Å². The van der Waals surface area contributed by atoms with E-state index in [1.807, 2.05) is 11.8 Å². The number of likely N-dealkylation sites (tertiary alicyclic amines) is 2. The number of amides is 2. The second-order valence-corrected chi connectivity index (χ2v) is 6.14. The third kappa shape index (κ3) is 2.34. The second-order valence-electron chi connectivity index (χ2n) is 6.14. The summed E-state index contributed by atoms with van der Waals surface area (Å²) in [5.74, 6) is -0.149. The number of hydrogen-bond acceptors (Lipinski definition) is 3. The molecule has 1 N–H and O–H groups in total. The molecule has 2 amide bonds. The van der Waals surface area contributed by atoms with Crippen LogP contribution in [0.3, 0.4) is 0 Å². The number of hydrogen-bond donors (Lipinski definition) is 1. The van der Waals surface area contributed by atoms with E-state index in [9.17, 15) is 14.7 Å². The van der Waals surface area contributed by atoms with Gasteiger partial charge in [-0.2, -0.15) is 0 Å². The van der Waals surface area contributed by atoms with Crippen LogP contribution in [0.4, 0.5) is 4.79 Å². The van der Waals surface area contributed by atoms with Crippen LogP contribution in [0.1, 0.15) is 31.5 Å². The van der Waals surface area contributed by atoms with E-state index in [2.05, 4.69) is 4.98 Å². The average molecular weight is 306 g/mol. The van der Waals surface area contributed by atoms with Gasteiger partial charge in [0.2, 0.25) is 0 Å². The summed E-state index contributed by atoms with van der Waals surface area (Å²) < 4.78 is 1.74. The maximum atomic E-state index is 12.4. The van der Waals surface area contributed by atoms with Gasteiger partial charge < -0.3 is 19.5 Å². The Morgan fingerprint density at radius 1 is 1.14 bits per heavy atom. The first-order valence-corrected chi connectivity index (χ1v) is 7.82. The van der Waals surface area contributed by atoms with Crippen molar-refractivity contribution in [3.63, 3.8) is 0 Å². The molecule has 2 fully saturated rings. The maximum Gasteiger partial charge on any atom is 0.330 e. The molecule has 2 aliphatic heterocycles. The van der Waals surface area contributed by atoms with E-state index in [0.29, 0.717) is 31.8 Å². The van der Waals surface area contributed by atoms with Gasteiger partial charge in [0.05, 0.1) is 0 Å². The van der Waals surface area contributed by atoms with Crippen molar-refractivity contribution < 1.29 is 14.7 Å². The minimum atomic E-state index is -0.984. The summed E-state index contributed by atoms with van der Waals surface area (Å²) in [5.41, 5.74) is -0.984. The summed E-state index contributed by atoms with van der Waals surface area (Å²) in [6.45, 7) is 4.39. The topological polar surface area (TPSA) is 78.7 Å². The Balaban J connectivity index is 1.74. The van der Waals surface area contributed by atoms with E-state index >= 15 is 0 Å². The van der Waals surface area contributed by atoms with Crippen LogP contribution in [0.15, 0.2) is 12.4 Å². The van der Waals surface area contributed by atoms with Crippen molar-refractivity contribution >= 4 is 12.0 Å². The molecule has 0 aromatic carbocycles. The van der Waals surface area contributed by atoms with Gasteiger partial charge >= 0.3 is 12.0 Å². The first-order valence-electron chi connectivity index (χ1n) is 7.82. The Labute approximate surface area is 129 Å². The van der Waals surface area contributed by atoms with Crippen LogP contribution in [0.5, 0.6) is 0 Å². The number of aliphatic carboxylic acids is 1. The highest BCUT2D eigenvalue weighted by Gasteiger charge is 2.45. The van der Waals surface area contributed by atoms with Crippen molar-refractivity contribution in [1.29, 1.82) is 0 Å². The number of imidazole rings is 1. The highest BCUT2D eigenvalue weighted by atomic mass is 16.4. The number of rotatable bonds is 2. The molecule has 2 saturated heterocycles. The highest BCUT2D eigenvalue weighted by molar-refractivity contribution is 5.79. The summed E-state index contributed by atoms with van der Waals surface area (Å²) in [7, 11) is 0. The fourth-order valence-electron chi connectivity index (χ4n) is 3.56. The Morgan fingerprint density at radius 3 is 2.23 bits per heavy atom. The Kier molecular flexibility index (Phi) is 3.80. The number of nitrogens with zero attached hydrogens (tertiary/aromatic N) is 4. The van der Waals surface area contributed by atoms with E-state index in [4.69, 9.17) is 0 Å². The van der Waals surface area contributed by atoms with Gasteiger partial charge in [-0.25, -0.2) is 14.6 Å². The molecule has 3 heterocycles. The van der Waals surface area contributed by atoms with Crippen molar-refractivity contribution in [2.24, 2.45) is 0 Å². The predicted octanol–water partition coefficient (Wildman–Crippen LogP) is 1.28. The van der Waals surface area contributed by atoms with Gasteiger partial charge in [0.15, 0.2) is 0 Å². The van der Waals surface area contributed by atoms with Crippen LogP contribution in [-0.4, -0.2) is 62.6 Å². The number of carbonyl (C=O) groups excluding carboxylic acids is 1. The van der Waals surface area contributed by atoms with Crippen LogP contribution < -0.4 is 0 Å². The number of aromatic nitrogens is 2. The molecule has 120 valence electrons. The fourth-order valence-corrected chi connectivity index (χ4v) is 3.56. The highest BCUT2D eigenvalue weighted by Crippen LogP contribution is 2.32. The minimum absolute atomic E-state index is 0.0545. The lowest BCUT2D eigenvalue weighted by Crippen LogP contribution is -2.54. The number of carboxylic acids is 1. The van der Waals surface area contributed by atoms with Crippen molar-refractivity contribution in [2.45, 2.75) is 38.1 Å². The molecule has 3 rings (SSSR count). The lowest BCUT2D eigenvalue weighted by molar-refractivity contribution is -0.150. The summed E-state index contributed by atoms with van der Waals surface area (Å²) in [5, 5.41) is 9.76. The summed E-state index contributed by atoms with van der Waals surface area (Å²) in [6.07, 6.45) is 6.31. The molecule has 7 nitrogen and oxygen atoms in total. The van der Waals surface area contributed by atoms with E-state index in [-0.39, 0.29) is 6.03 Å². The van der Waals surface area contributed by atoms with Crippen LogP contribution in [0.2, 0.25) is 0 Å². The number of carbonyl (C=O) groups is 2. The molecule has 0 bridgehead atoms. The molecule has 0 spiro atoms. The van der Waals surface area contributed by atoms with Gasteiger partial charge in [-0.3, -0.25) is 0 Å². The first kappa shape index (κ1) is 14.9. The van der Waals surface area contributed by atoms with Crippen molar-refractivity contribution in [3.05, 3.63) is 18.2 Å². The minimum Gasteiger partial charge on any atom is -0.479 e. The number of urea groups is 1. The smallest absolute Gasteiger partial charge is 0.330 e. The molecule has 7 heteroatoms. The molecule has 0 saturated carbocycles. The summed E-state index contributed by atoms with van der Waals surface area (Å²) in [4.78, 5) is 32.1. The quantitative estimate of drug-likeness (QED) is 0.893. The molecule has 0 aliphatic carbocycles. The van der Waals surface area contributed by atoms with Crippen LogP contribution in [0, 0.1) is 6.92 Å². The lowest BCUT2D eigenvalue weighted by Gasteiger charge is -2.41. The molecule has 1 aromatic rings. The van der Waals surface area contributed by atoms with E-state index < -0.39 is 11.5 Å². The van der Waals surface area contributed by atoms with Crippen LogP contribution >= 0.6 is 0 Å². The van der Waals surface area contributed by atoms with Crippen molar-refractivity contribution in [3.8, 4) is 0 Å². The Morgan fingerprint density at radius 2 is 1.73 bits per heavy atom. The lowest BCUT2D eigenvalue weighted by atomic mass is 9.87. The Hall–Kier alpha value is -2.05. The Bertz CT molecular complexity index is 569. The fraction of sp³-hybridized carbons (Fsp3) is 0.667. The standard InChI is InChI=1S/C15H22N4O3/c1-12-16-6-11-19(12)15(13(20)21)4-9-18(10-5-15)14(22)17-7-2-3-8-17/h6,11H,2-5,7-10H2,1H3,(H,20,21). The summed E-state index contributed by atoms with van der Waals surface area (Å²) >= 11 is 0. The molecule has 1 aromatic heterocycles. The number of carboxylic acid groups (broad SMARTS) is 1. The third-order valence-electron chi connectivity index (χ3n) is 4.92. The van der Waals surface area contributed by atoms with E-state index in [0.717, 1.165) is 25.9 Å². The van der Waals surface area contributed by atoms with Crippen LogP contribution in [0.25, 0.3) is 0 Å². The van der Waals surface area contributed by atoms with E-state index in [1.165, 1.54) is 0 Å². The molecule has 0 atom stereocenters. The zero-order valence-electron chi connectivity index (χ0n) is 12.9. The van der Waals surface area contributed by atoms with Crippen LogP contribution in [-0.2, 0) is 10.3 Å². The normalized spacial score (nSPS) is 21.1. The van der Waals surface area contributed by atoms with Crippen molar-refractivity contribution in [2.75, 3.05) is 26.2 Å². The molecular formula is C15H22N4O3.